The highest BCUT2D eigenvalue weighted by Gasteiger charge is 2.13. The summed E-state index contributed by atoms with van der Waals surface area (Å²) in [5.74, 6) is -0.129. The summed E-state index contributed by atoms with van der Waals surface area (Å²) in [6.45, 7) is 0.463. The summed E-state index contributed by atoms with van der Waals surface area (Å²) in [6.07, 6.45) is 6.98. The third-order valence-corrected chi connectivity index (χ3v) is 4.33. The number of aromatic nitrogens is 3. The second-order valence-electron chi connectivity index (χ2n) is 5.49. The van der Waals surface area contributed by atoms with Gasteiger partial charge in [-0.2, -0.15) is 0 Å². The number of aromatic amines is 1. The Bertz CT molecular complexity index is 1060. The molecule has 0 saturated carbocycles. The monoisotopic (exact) mass is 380 g/mol. The van der Waals surface area contributed by atoms with Crippen LogP contribution in [0.4, 0.5) is 0 Å². The van der Waals surface area contributed by atoms with Crippen molar-refractivity contribution in [2.45, 2.75) is 6.54 Å². The Balaban J connectivity index is 1.55. The van der Waals surface area contributed by atoms with Crippen molar-refractivity contribution >= 4 is 43.6 Å². The van der Waals surface area contributed by atoms with Crippen molar-refractivity contribution < 1.29 is 4.79 Å². The first kappa shape index (κ1) is 14.8. The van der Waals surface area contributed by atoms with Crippen molar-refractivity contribution in [2.24, 2.45) is 0 Å². The maximum atomic E-state index is 12.5. The topological polar surface area (TPSA) is 70.7 Å². The molecule has 0 spiro atoms. The minimum atomic E-state index is -0.129. The zero-order valence-corrected chi connectivity index (χ0v) is 14.2. The highest BCUT2D eigenvalue weighted by molar-refractivity contribution is 9.10. The second kappa shape index (κ2) is 6.05. The second-order valence-corrected chi connectivity index (χ2v) is 6.41. The number of benzene rings is 1. The van der Waals surface area contributed by atoms with Gasteiger partial charge in [0.25, 0.3) is 5.91 Å². The van der Waals surface area contributed by atoms with Gasteiger partial charge in [-0.1, -0.05) is 12.1 Å². The fraction of sp³-hybridized carbons (Fsp3) is 0.0556. The van der Waals surface area contributed by atoms with Crippen LogP contribution >= 0.6 is 15.9 Å². The normalized spacial score (nSPS) is 11.0. The molecule has 5 nitrogen and oxygen atoms in total. The van der Waals surface area contributed by atoms with Gasteiger partial charge in [0.1, 0.15) is 5.65 Å². The van der Waals surface area contributed by atoms with Gasteiger partial charge in [0.15, 0.2) is 0 Å². The van der Waals surface area contributed by atoms with Gasteiger partial charge >= 0.3 is 0 Å². The number of halogens is 1. The first-order chi connectivity index (χ1) is 11.7. The number of rotatable bonds is 3. The summed E-state index contributed by atoms with van der Waals surface area (Å²) < 4.78 is 0.840. The van der Waals surface area contributed by atoms with Crippen LogP contribution < -0.4 is 5.32 Å². The standard InChI is InChI=1S/C18H13BrN4O/c19-14-6-15-16(10-22-17(15)21-9-14)18(24)23-7-11-1-2-13-8-20-4-3-12(13)5-11/h1-6,8-10H,7H2,(H,21,22)(H,23,24). The molecule has 4 rings (SSSR count). The number of carbonyl (C=O) groups excluding carboxylic acids is 1. The number of carbonyl (C=O) groups is 1. The molecule has 4 aromatic rings. The average Bonchev–Trinajstić information content (AvgIpc) is 3.02. The molecule has 6 heteroatoms. The molecule has 24 heavy (non-hydrogen) atoms. The van der Waals surface area contributed by atoms with Crippen LogP contribution in [-0.2, 0) is 6.54 Å². The first-order valence-corrected chi connectivity index (χ1v) is 8.23. The Morgan fingerprint density at radius 3 is 3.00 bits per heavy atom. The molecule has 1 aromatic carbocycles. The molecule has 0 unspecified atom stereocenters. The fourth-order valence-electron chi connectivity index (χ4n) is 2.69. The number of hydrogen-bond acceptors (Lipinski definition) is 3. The van der Waals surface area contributed by atoms with Crippen molar-refractivity contribution in [3.05, 3.63) is 70.7 Å². The molecule has 1 amide bonds. The predicted molar refractivity (Wildman–Crippen MR) is 96.7 cm³/mol. The van der Waals surface area contributed by atoms with E-state index in [9.17, 15) is 4.79 Å². The van der Waals surface area contributed by atoms with Gasteiger partial charge in [0.2, 0.25) is 0 Å². The maximum Gasteiger partial charge on any atom is 0.253 e. The van der Waals surface area contributed by atoms with E-state index in [1.165, 1.54) is 0 Å². The van der Waals surface area contributed by atoms with Gasteiger partial charge in [-0.05, 0) is 45.1 Å². The van der Waals surface area contributed by atoms with Gasteiger partial charge in [-0.25, -0.2) is 4.98 Å². The van der Waals surface area contributed by atoms with Crippen molar-refractivity contribution in [1.82, 2.24) is 20.3 Å². The molecule has 2 N–H and O–H groups in total. The van der Waals surface area contributed by atoms with Crippen LogP contribution in [0, 0.1) is 0 Å². The van der Waals surface area contributed by atoms with Gasteiger partial charge in [-0.3, -0.25) is 9.78 Å². The summed E-state index contributed by atoms with van der Waals surface area (Å²) >= 11 is 3.39. The lowest BCUT2D eigenvalue weighted by Gasteiger charge is -2.06. The Hall–Kier alpha value is -2.73. The lowest BCUT2D eigenvalue weighted by Crippen LogP contribution is -2.22. The fourth-order valence-corrected chi connectivity index (χ4v) is 3.02. The number of nitrogens with one attached hydrogen (secondary N) is 2. The van der Waals surface area contributed by atoms with E-state index < -0.39 is 0 Å². The zero-order valence-electron chi connectivity index (χ0n) is 12.6. The summed E-state index contributed by atoms with van der Waals surface area (Å²) in [7, 11) is 0. The van der Waals surface area contributed by atoms with Crippen molar-refractivity contribution in [2.75, 3.05) is 0 Å². The van der Waals surface area contributed by atoms with Gasteiger partial charge in [0, 0.05) is 46.6 Å². The molecule has 0 saturated heterocycles. The van der Waals surface area contributed by atoms with Gasteiger partial charge < -0.3 is 10.3 Å². The summed E-state index contributed by atoms with van der Waals surface area (Å²) in [4.78, 5) is 23.9. The van der Waals surface area contributed by atoms with E-state index in [2.05, 4.69) is 42.3 Å². The lowest BCUT2D eigenvalue weighted by atomic mass is 10.1. The first-order valence-electron chi connectivity index (χ1n) is 7.44. The summed E-state index contributed by atoms with van der Waals surface area (Å²) in [6, 6.07) is 9.92. The predicted octanol–water partition coefficient (Wildman–Crippen LogP) is 3.80. The molecule has 3 aromatic heterocycles. The number of amides is 1. The SMILES string of the molecule is O=C(NCc1ccc2cnccc2c1)c1c[nH]c2ncc(Br)cc12. The van der Waals surface area contributed by atoms with E-state index in [1.807, 2.05) is 30.5 Å². The Labute approximate surface area is 146 Å². The molecule has 0 bridgehead atoms. The largest absolute Gasteiger partial charge is 0.348 e. The van der Waals surface area contributed by atoms with E-state index in [0.29, 0.717) is 17.8 Å². The average molecular weight is 381 g/mol. The minimum Gasteiger partial charge on any atom is -0.348 e. The third kappa shape index (κ3) is 2.76. The maximum absolute atomic E-state index is 12.5. The number of fused-ring (bicyclic) bond motifs is 2. The molecule has 118 valence electrons. The van der Waals surface area contributed by atoms with Gasteiger partial charge in [-0.15, -0.1) is 0 Å². The van der Waals surface area contributed by atoms with Crippen LogP contribution in [0.3, 0.4) is 0 Å². The summed E-state index contributed by atoms with van der Waals surface area (Å²) in [5.41, 5.74) is 2.33. The molecule has 3 heterocycles. The summed E-state index contributed by atoms with van der Waals surface area (Å²) in [5, 5.41) is 5.95. The van der Waals surface area contributed by atoms with Crippen LogP contribution in [-0.4, -0.2) is 20.9 Å². The molecule has 0 aliphatic carbocycles. The van der Waals surface area contributed by atoms with Crippen molar-refractivity contribution in [3.8, 4) is 0 Å². The van der Waals surface area contributed by atoms with Crippen LogP contribution in [0.25, 0.3) is 21.8 Å². The molecule has 0 radical (unpaired) electrons. The lowest BCUT2D eigenvalue weighted by molar-refractivity contribution is 0.0952. The van der Waals surface area contributed by atoms with E-state index in [4.69, 9.17) is 0 Å². The van der Waals surface area contributed by atoms with E-state index >= 15 is 0 Å². The Morgan fingerprint density at radius 2 is 2.08 bits per heavy atom. The number of pyridine rings is 2. The molecule has 0 aliphatic rings. The van der Waals surface area contributed by atoms with Crippen LogP contribution in [0.1, 0.15) is 15.9 Å². The smallest absolute Gasteiger partial charge is 0.253 e. The number of H-pyrrole nitrogens is 1. The van der Waals surface area contributed by atoms with Crippen LogP contribution in [0.5, 0.6) is 0 Å². The molecular weight excluding hydrogens is 368 g/mol. The highest BCUT2D eigenvalue weighted by Crippen LogP contribution is 2.21. The Kier molecular flexibility index (Phi) is 3.74. The van der Waals surface area contributed by atoms with Crippen LogP contribution in [0.15, 0.2) is 59.6 Å². The number of hydrogen-bond donors (Lipinski definition) is 2. The number of nitrogens with zero attached hydrogens (tertiary/aromatic N) is 2. The Morgan fingerprint density at radius 1 is 1.17 bits per heavy atom. The minimum absolute atomic E-state index is 0.129. The third-order valence-electron chi connectivity index (χ3n) is 3.90. The highest BCUT2D eigenvalue weighted by atomic mass is 79.9. The quantitative estimate of drug-likeness (QED) is 0.567. The van der Waals surface area contributed by atoms with Crippen molar-refractivity contribution in [1.29, 1.82) is 0 Å². The molecule has 0 fully saturated rings. The van der Waals surface area contributed by atoms with E-state index in [1.54, 1.807) is 18.6 Å². The van der Waals surface area contributed by atoms with Crippen molar-refractivity contribution in [3.63, 3.8) is 0 Å². The molecular formula is C18H13BrN4O. The van der Waals surface area contributed by atoms with E-state index in [-0.39, 0.29) is 5.91 Å². The molecule has 0 atom stereocenters. The van der Waals surface area contributed by atoms with Gasteiger partial charge in [0.05, 0.1) is 5.56 Å². The molecule has 0 aliphatic heterocycles. The van der Waals surface area contributed by atoms with E-state index in [0.717, 1.165) is 26.2 Å². The van der Waals surface area contributed by atoms with Crippen LogP contribution in [0.2, 0.25) is 0 Å². The zero-order chi connectivity index (χ0) is 16.5.